The van der Waals surface area contributed by atoms with Gasteiger partial charge >= 0.3 is 5.97 Å². The lowest BCUT2D eigenvalue weighted by atomic mass is 9.88. The fraction of sp³-hybridized carbons (Fsp3) is 0.391. The predicted octanol–water partition coefficient (Wildman–Crippen LogP) is 5.55. The standard InChI is InChI=1S/C23H28N2O3/c1-16(2)25-20-9-6-5-8-19(20)24-21(25)17-10-12-18(13-11-17)28-15-7-14-23(3,4)22(26)27/h5-6,8-13,16H,7,14-15H2,1-4H3,(H,26,27). The number of hydrogen-bond donors (Lipinski definition) is 1. The zero-order chi connectivity index (χ0) is 20.3. The number of carboxylic acids is 1. The summed E-state index contributed by atoms with van der Waals surface area (Å²) < 4.78 is 8.04. The molecule has 2 aromatic carbocycles. The van der Waals surface area contributed by atoms with Gasteiger partial charge in [-0.2, -0.15) is 0 Å². The van der Waals surface area contributed by atoms with Crippen LogP contribution in [0.2, 0.25) is 0 Å². The van der Waals surface area contributed by atoms with Crippen molar-refractivity contribution in [1.82, 2.24) is 9.55 Å². The lowest BCUT2D eigenvalue weighted by Crippen LogP contribution is -2.24. The van der Waals surface area contributed by atoms with Crippen molar-refractivity contribution in [2.45, 2.75) is 46.6 Å². The minimum Gasteiger partial charge on any atom is -0.494 e. The van der Waals surface area contributed by atoms with E-state index in [1.54, 1.807) is 13.8 Å². The predicted molar refractivity (Wildman–Crippen MR) is 112 cm³/mol. The molecule has 0 unspecified atom stereocenters. The number of rotatable bonds is 8. The van der Waals surface area contributed by atoms with Crippen molar-refractivity contribution in [3.8, 4) is 17.1 Å². The Morgan fingerprint density at radius 1 is 1.14 bits per heavy atom. The van der Waals surface area contributed by atoms with E-state index in [1.165, 1.54) is 0 Å². The minimum atomic E-state index is -0.773. The number of benzene rings is 2. The van der Waals surface area contributed by atoms with E-state index in [0.29, 0.717) is 25.5 Å². The van der Waals surface area contributed by atoms with Crippen molar-refractivity contribution in [3.63, 3.8) is 0 Å². The molecule has 148 valence electrons. The summed E-state index contributed by atoms with van der Waals surface area (Å²) in [4.78, 5) is 16.0. The first kappa shape index (κ1) is 19.9. The van der Waals surface area contributed by atoms with Gasteiger partial charge in [-0.1, -0.05) is 12.1 Å². The molecule has 0 saturated heterocycles. The molecule has 1 aromatic heterocycles. The van der Waals surface area contributed by atoms with Crippen LogP contribution in [0.3, 0.4) is 0 Å². The summed E-state index contributed by atoms with van der Waals surface area (Å²) in [5.74, 6) is 0.958. The first-order chi connectivity index (χ1) is 13.3. The Balaban J connectivity index is 1.71. The summed E-state index contributed by atoms with van der Waals surface area (Å²) in [6, 6.07) is 16.4. The molecule has 3 rings (SSSR count). The van der Waals surface area contributed by atoms with Crippen LogP contribution in [-0.4, -0.2) is 27.2 Å². The maximum absolute atomic E-state index is 11.1. The van der Waals surface area contributed by atoms with E-state index < -0.39 is 11.4 Å². The summed E-state index contributed by atoms with van der Waals surface area (Å²) in [7, 11) is 0. The second kappa shape index (κ2) is 8.05. The molecule has 5 heteroatoms. The molecule has 0 bridgehead atoms. The molecule has 0 aliphatic carbocycles. The number of imidazole rings is 1. The second-order valence-corrected chi connectivity index (χ2v) is 8.05. The van der Waals surface area contributed by atoms with E-state index in [2.05, 4.69) is 24.5 Å². The Kier molecular flexibility index (Phi) is 5.73. The molecule has 0 aliphatic heterocycles. The van der Waals surface area contributed by atoms with Crippen LogP contribution in [-0.2, 0) is 4.79 Å². The van der Waals surface area contributed by atoms with Crippen LogP contribution < -0.4 is 4.74 Å². The average Bonchev–Trinajstić information content (AvgIpc) is 3.05. The van der Waals surface area contributed by atoms with Crippen molar-refractivity contribution in [2.75, 3.05) is 6.61 Å². The van der Waals surface area contributed by atoms with Crippen molar-refractivity contribution >= 4 is 17.0 Å². The smallest absolute Gasteiger partial charge is 0.309 e. The highest BCUT2D eigenvalue weighted by Gasteiger charge is 2.26. The molecule has 0 fully saturated rings. The number of para-hydroxylation sites is 2. The molecular formula is C23H28N2O3. The van der Waals surface area contributed by atoms with Gasteiger partial charge in [-0.05, 0) is 76.9 Å². The topological polar surface area (TPSA) is 64.3 Å². The molecule has 1 heterocycles. The third-order valence-electron chi connectivity index (χ3n) is 5.02. The van der Waals surface area contributed by atoms with Crippen LogP contribution in [0.15, 0.2) is 48.5 Å². The number of hydrogen-bond acceptors (Lipinski definition) is 3. The largest absolute Gasteiger partial charge is 0.494 e. The lowest BCUT2D eigenvalue weighted by molar-refractivity contribution is -0.147. The monoisotopic (exact) mass is 380 g/mol. The van der Waals surface area contributed by atoms with Gasteiger partial charge in [0.2, 0.25) is 0 Å². The third kappa shape index (κ3) is 4.19. The summed E-state index contributed by atoms with van der Waals surface area (Å²) in [6.07, 6.45) is 1.28. The highest BCUT2D eigenvalue weighted by molar-refractivity contribution is 5.81. The molecule has 3 aromatic rings. The fourth-order valence-electron chi connectivity index (χ4n) is 3.28. The second-order valence-electron chi connectivity index (χ2n) is 8.05. The molecule has 28 heavy (non-hydrogen) atoms. The number of fused-ring (bicyclic) bond motifs is 1. The molecule has 0 atom stereocenters. The van der Waals surface area contributed by atoms with Crippen molar-refractivity contribution in [2.24, 2.45) is 5.41 Å². The highest BCUT2D eigenvalue weighted by Crippen LogP contribution is 2.29. The molecule has 0 spiro atoms. The normalized spacial score (nSPS) is 11.9. The summed E-state index contributed by atoms with van der Waals surface area (Å²) in [5.41, 5.74) is 2.45. The summed E-state index contributed by atoms with van der Waals surface area (Å²) >= 11 is 0. The Labute approximate surface area is 166 Å². The zero-order valence-corrected chi connectivity index (χ0v) is 17.0. The quantitative estimate of drug-likeness (QED) is 0.520. The Bertz CT molecular complexity index is 956. The van der Waals surface area contributed by atoms with Gasteiger partial charge in [-0.25, -0.2) is 4.98 Å². The van der Waals surface area contributed by atoms with Crippen LogP contribution in [0.4, 0.5) is 0 Å². The van der Waals surface area contributed by atoms with Crippen molar-refractivity contribution < 1.29 is 14.6 Å². The number of aromatic nitrogens is 2. The van der Waals surface area contributed by atoms with Crippen LogP contribution >= 0.6 is 0 Å². The van der Waals surface area contributed by atoms with Crippen molar-refractivity contribution in [3.05, 3.63) is 48.5 Å². The molecule has 5 nitrogen and oxygen atoms in total. The average molecular weight is 380 g/mol. The van der Waals surface area contributed by atoms with E-state index in [4.69, 9.17) is 14.8 Å². The summed E-state index contributed by atoms with van der Waals surface area (Å²) in [5, 5.41) is 9.16. The van der Waals surface area contributed by atoms with Gasteiger partial charge in [-0.3, -0.25) is 4.79 Å². The summed E-state index contributed by atoms with van der Waals surface area (Å²) in [6.45, 7) is 8.30. The molecule has 0 radical (unpaired) electrons. The fourth-order valence-corrected chi connectivity index (χ4v) is 3.28. The minimum absolute atomic E-state index is 0.302. The third-order valence-corrected chi connectivity index (χ3v) is 5.02. The Morgan fingerprint density at radius 3 is 2.46 bits per heavy atom. The first-order valence-corrected chi connectivity index (χ1v) is 9.73. The van der Waals surface area contributed by atoms with E-state index >= 15 is 0 Å². The zero-order valence-electron chi connectivity index (χ0n) is 17.0. The Hall–Kier alpha value is -2.82. The van der Waals surface area contributed by atoms with Gasteiger partial charge < -0.3 is 14.4 Å². The number of aliphatic carboxylic acids is 1. The van der Waals surface area contributed by atoms with Gasteiger partial charge in [0, 0.05) is 11.6 Å². The van der Waals surface area contributed by atoms with Crippen LogP contribution in [0, 0.1) is 5.41 Å². The molecule has 0 amide bonds. The van der Waals surface area contributed by atoms with E-state index in [1.807, 2.05) is 42.5 Å². The van der Waals surface area contributed by atoms with Gasteiger partial charge in [0.15, 0.2) is 0 Å². The first-order valence-electron chi connectivity index (χ1n) is 9.73. The van der Waals surface area contributed by atoms with Gasteiger partial charge in [0.1, 0.15) is 11.6 Å². The van der Waals surface area contributed by atoms with Crippen LogP contribution in [0.25, 0.3) is 22.4 Å². The Morgan fingerprint density at radius 2 is 1.82 bits per heavy atom. The van der Waals surface area contributed by atoms with E-state index in [0.717, 1.165) is 28.2 Å². The number of nitrogens with zero attached hydrogens (tertiary/aromatic N) is 2. The number of carbonyl (C=O) groups is 1. The molecule has 1 N–H and O–H groups in total. The van der Waals surface area contributed by atoms with Crippen molar-refractivity contribution in [1.29, 1.82) is 0 Å². The molecule has 0 aliphatic rings. The lowest BCUT2D eigenvalue weighted by Gasteiger charge is -2.18. The van der Waals surface area contributed by atoms with Crippen LogP contribution in [0.5, 0.6) is 5.75 Å². The number of ether oxygens (including phenoxy) is 1. The van der Waals surface area contributed by atoms with E-state index in [9.17, 15) is 4.79 Å². The van der Waals surface area contributed by atoms with Gasteiger partial charge in [0.25, 0.3) is 0 Å². The van der Waals surface area contributed by atoms with Gasteiger partial charge in [0.05, 0.1) is 23.1 Å². The van der Waals surface area contributed by atoms with E-state index in [-0.39, 0.29) is 0 Å². The molecular weight excluding hydrogens is 352 g/mol. The number of carboxylic acid groups (broad SMARTS) is 1. The van der Waals surface area contributed by atoms with Crippen LogP contribution in [0.1, 0.15) is 46.6 Å². The molecule has 0 saturated carbocycles. The van der Waals surface area contributed by atoms with Gasteiger partial charge in [-0.15, -0.1) is 0 Å². The maximum Gasteiger partial charge on any atom is 0.309 e. The SMILES string of the molecule is CC(C)n1c(-c2ccc(OCCCC(C)(C)C(=O)O)cc2)nc2ccccc21. The highest BCUT2D eigenvalue weighted by atomic mass is 16.5. The maximum atomic E-state index is 11.1.